The van der Waals surface area contributed by atoms with Gasteiger partial charge in [-0.2, -0.15) is 0 Å². The van der Waals surface area contributed by atoms with Gasteiger partial charge in [-0.1, -0.05) is 0 Å². The van der Waals surface area contributed by atoms with Gasteiger partial charge in [0, 0.05) is 29.5 Å². The highest BCUT2D eigenvalue weighted by atomic mass is 35.5. The molecule has 1 aromatic rings. The van der Waals surface area contributed by atoms with Gasteiger partial charge in [0.15, 0.2) is 0 Å². The molecular formula is C9H15ClN2S. The molecule has 1 atom stereocenters. The highest BCUT2D eigenvalue weighted by molar-refractivity contribution is 7.09. The summed E-state index contributed by atoms with van der Waals surface area (Å²) in [4.78, 5) is 5.31. The van der Waals surface area contributed by atoms with Crippen LogP contribution in [-0.4, -0.2) is 16.9 Å². The first kappa shape index (κ1) is 11.0. The lowest BCUT2D eigenvalue weighted by atomic mass is 10.2. The Morgan fingerprint density at radius 1 is 1.69 bits per heavy atom. The van der Waals surface area contributed by atoms with Crippen molar-refractivity contribution in [3.05, 3.63) is 16.6 Å². The lowest BCUT2D eigenvalue weighted by molar-refractivity contribution is 0.512. The number of nitrogens with one attached hydrogen (secondary N) is 1. The Hall–Kier alpha value is -0.120. The summed E-state index contributed by atoms with van der Waals surface area (Å²) in [6.45, 7) is 3.11. The van der Waals surface area contributed by atoms with Crippen molar-refractivity contribution in [1.29, 1.82) is 0 Å². The molecule has 74 valence electrons. The molecule has 2 nitrogen and oxygen atoms in total. The van der Waals surface area contributed by atoms with Crippen LogP contribution in [0.15, 0.2) is 11.7 Å². The van der Waals surface area contributed by atoms with Crippen molar-refractivity contribution in [3.8, 4) is 0 Å². The molecule has 0 radical (unpaired) electrons. The lowest BCUT2D eigenvalue weighted by Crippen LogP contribution is -2.24. The topological polar surface area (TPSA) is 24.9 Å². The zero-order chi connectivity index (χ0) is 9.52. The predicted octanol–water partition coefficient (Wildman–Crippen LogP) is 2.64. The van der Waals surface area contributed by atoms with Crippen molar-refractivity contribution in [2.45, 2.75) is 32.4 Å². The Labute approximate surface area is 88.3 Å². The third-order valence-electron chi connectivity index (χ3n) is 1.88. The Morgan fingerprint density at radius 3 is 3.15 bits per heavy atom. The third kappa shape index (κ3) is 4.60. The average molecular weight is 219 g/mol. The highest BCUT2D eigenvalue weighted by Gasteiger charge is 2.01. The minimum absolute atomic E-state index is 0.542. The normalized spacial score (nSPS) is 13.1. The Bertz CT molecular complexity index is 213. The molecule has 0 bridgehead atoms. The summed E-state index contributed by atoms with van der Waals surface area (Å²) in [5.41, 5.74) is 1.86. The van der Waals surface area contributed by atoms with Gasteiger partial charge in [-0.3, -0.25) is 4.98 Å². The first-order chi connectivity index (χ1) is 6.33. The van der Waals surface area contributed by atoms with Crippen molar-refractivity contribution in [2.24, 2.45) is 0 Å². The van der Waals surface area contributed by atoms with Gasteiger partial charge in [0.1, 0.15) is 0 Å². The largest absolute Gasteiger partial charge is 0.309 e. The first-order valence-electron chi connectivity index (χ1n) is 4.49. The molecule has 4 heteroatoms. The van der Waals surface area contributed by atoms with Crippen molar-refractivity contribution in [2.75, 3.05) is 5.88 Å². The zero-order valence-corrected chi connectivity index (χ0v) is 9.37. The summed E-state index contributed by atoms with van der Waals surface area (Å²) in [5, 5.41) is 3.43. The van der Waals surface area contributed by atoms with E-state index >= 15 is 0 Å². The van der Waals surface area contributed by atoms with E-state index in [1.54, 1.807) is 11.3 Å². The molecule has 1 aromatic heterocycles. The Morgan fingerprint density at radius 2 is 2.54 bits per heavy atom. The van der Waals surface area contributed by atoms with Crippen molar-refractivity contribution in [1.82, 2.24) is 10.3 Å². The van der Waals surface area contributed by atoms with Crippen LogP contribution in [-0.2, 0) is 6.54 Å². The first-order valence-corrected chi connectivity index (χ1v) is 5.91. The Kier molecular flexibility index (Phi) is 5.35. The van der Waals surface area contributed by atoms with E-state index in [4.69, 9.17) is 11.6 Å². The second-order valence-electron chi connectivity index (χ2n) is 3.08. The molecule has 0 aliphatic heterocycles. The van der Waals surface area contributed by atoms with Crippen LogP contribution in [0, 0.1) is 0 Å². The molecule has 1 heterocycles. The fraction of sp³-hybridized carbons (Fsp3) is 0.667. The minimum Gasteiger partial charge on any atom is -0.309 e. The molecule has 0 spiro atoms. The summed E-state index contributed by atoms with van der Waals surface area (Å²) >= 11 is 7.30. The second kappa shape index (κ2) is 6.35. The van der Waals surface area contributed by atoms with E-state index in [1.165, 1.54) is 4.88 Å². The number of hydrogen-bond acceptors (Lipinski definition) is 3. The maximum absolute atomic E-state index is 5.61. The van der Waals surface area contributed by atoms with E-state index in [-0.39, 0.29) is 0 Å². The second-order valence-corrected chi connectivity index (χ2v) is 4.43. The van der Waals surface area contributed by atoms with Crippen LogP contribution in [0.2, 0.25) is 0 Å². The molecule has 0 aromatic carbocycles. The van der Waals surface area contributed by atoms with Gasteiger partial charge >= 0.3 is 0 Å². The predicted molar refractivity (Wildman–Crippen MR) is 58.4 cm³/mol. The summed E-state index contributed by atoms with van der Waals surface area (Å²) in [5.74, 6) is 0.757. The van der Waals surface area contributed by atoms with Gasteiger partial charge in [0.05, 0.1) is 5.51 Å². The number of halogens is 1. The van der Waals surface area contributed by atoms with E-state index in [0.717, 1.165) is 25.3 Å². The molecule has 1 rings (SSSR count). The van der Waals surface area contributed by atoms with E-state index < -0.39 is 0 Å². The molecule has 0 aliphatic rings. The van der Waals surface area contributed by atoms with Crippen LogP contribution in [0.4, 0.5) is 0 Å². The summed E-state index contributed by atoms with van der Waals surface area (Å²) in [6.07, 6.45) is 4.13. The van der Waals surface area contributed by atoms with Crippen LogP contribution >= 0.6 is 22.9 Å². The van der Waals surface area contributed by atoms with Gasteiger partial charge in [-0.05, 0) is 19.8 Å². The molecular weight excluding hydrogens is 204 g/mol. The van der Waals surface area contributed by atoms with E-state index in [2.05, 4.69) is 17.2 Å². The van der Waals surface area contributed by atoms with E-state index in [9.17, 15) is 0 Å². The molecule has 0 saturated carbocycles. The van der Waals surface area contributed by atoms with Gasteiger partial charge in [0.2, 0.25) is 0 Å². The number of alkyl halides is 1. The van der Waals surface area contributed by atoms with E-state index in [1.807, 2.05) is 11.7 Å². The molecule has 0 amide bonds. The maximum Gasteiger partial charge on any atom is 0.0794 e. The fourth-order valence-corrected chi connectivity index (χ4v) is 1.79. The monoisotopic (exact) mass is 218 g/mol. The zero-order valence-electron chi connectivity index (χ0n) is 7.79. The van der Waals surface area contributed by atoms with Crippen LogP contribution in [0.3, 0.4) is 0 Å². The number of aromatic nitrogens is 1. The van der Waals surface area contributed by atoms with Gasteiger partial charge < -0.3 is 5.32 Å². The fourth-order valence-electron chi connectivity index (χ4n) is 1.09. The average Bonchev–Trinajstić information content (AvgIpc) is 2.64. The molecule has 1 unspecified atom stereocenters. The highest BCUT2D eigenvalue weighted by Crippen LogP contribution is 2.06. The van der Waals surface area contributed by atoms with Crippen LogP contribution in [0.5, 0.6) is 0 Å². The van der Waals surface area contributed by atoms with Gasteiger partial charge in [-0.15, -0.1) is 22.9 Å². The molecule has 0 fully saturated rings. The van der Waals surface area contributed by atoms with Gasteiger partial charge in [-0.25, -0.2) is 0 Å². The van der Waals surface area contributed by atoms with Crippen LogP contribution < -0.4 is 5.32 Å². The third-order valence-corrected chi connectivity index (χ3v) is 2.93. The quantitative estimate of drug-likeness (QED) is 0.743. The SMILES string of the molecule is CC(CCCCl)NCc1cncs1. The van der Waals surface area contributed by atoms with Crippen molar-refractivity contribution in [3.63, 3.8) is 0 Å². The summed E-state index contributed by atoms with van der Waals surface area (Å²) < 4.78 is 0. The molecule has 1 N–H and O–H groups in total. The van der Waals surface area contributed by atoms with Gasteiger partial charge in [0.25, 0.3) is 0 Å². The molecule has 0 aliphatic carbocycles. The van der Waals surface area contributed by atoms with Crippen LogP contribution in [0.1, 0.15) is 24.6 Å². The number of nitrogens with zero attached hydrogens (tertiary/aromatic N) is 1. The number of thiazole rings is 1. The summed E-state index contributed by atoms with van der Waals surface area (Å²) in [6, 6.07) is 0.542. The Balaban J connectivity index is 2.11. The van der Waals surface area contributed by atoms with Crippen molar-refractivity contribution >= 4 is 22.9 Å². The van der Waals surface area contributed by atoms with Crippen LogP contribution in [0.25, 0.3) is 0 Å². The standard InChI is InChI=1S/C9H15ClN2S/c1-8(3-2-4-10)12-6-9-5-11-7-13-9/h5,7-8,12H,2-4,6H2,1H3. The minimum atomic E-state index is 0.542. The van der Waals surface area contributed by atoms with E-state index in [0.29, 0.717) is 6.04 Å². The molecule has 0 saturated heterocycles. The maximum atomic E-state index is 5.61. The smallest absolute Gasteiger partial charge is 0.0794 e. The number of hydrogen-bond donors (Lipinski definition) is 1. The van der Waals surface area contributed by atoms with Crippen molar-refractivity contribution < 1.29 is 0 Å². The molecule has 13 heavy (non-hydrogen) atoms. The summed E-state index contributed by atoms with van der Waals surface area (Å²) in [7, 11) is 0. The lowest BCUT2D eigenvalue weighted by Gasteiger charge is -2.11. The number of rotatable bonds is 6.